The average Bonchev–Trinajstić information content (AvgIpc) is 2.44. The monoisotopic (exact) mass is 197 g/mol. The summed E-state index contributed by atoms with van der Waals surface area (Å²) in [6, 6.07) is 0. The van der Waals surface area contributed by atoms with E-state index in [0.29, 0.717) is 5.57 Å². The number of carbonyl (C=O) groups is 1. The van der Waals surface area contributed by atoms with Gasteiger partial charge in [0.1, 0.15) is 4.87 Å². The summed E-state index contributed by atoms with van der Waals surface area (Å²) in [5.74, 6) is -0.284. The second kappa shape index (κ2) is 2.39. The molecule has 1 amide bonds. The van der Waals surface area contributed by atoms with E-state index < -0.39 is 4.87 Å². The van der Waals surface area contributed by atoms with Gasteiger partial charge in [-0.15, -0.1) is 0 Å². The van der Waals surface area contributed by atoms with Gasteiger partial charge in [-0.2, -0.15) is 5.06 Å². The van der Waals surface area contributed by atoms with Gasteiger partial charge in [-0.1, -0.05) is 11.8 Å². The first-order valence-electron chi connectivity index (χ1n) is 4.09. The standard InChI is InChI=1S/C9H11NO2S/c1-5-4-7-6(2)8(11)10(12)9(7,3)13-5/h4,12H,1-3H3. The Morgan fingerprint density at radius 2 is 2.15 bits per heavy atom. The van der Waals surface area contributed by atoms with Crippen molar-refractivity contribution >= 4 is 17.7 Å². The lowest BCUT2D eigenvalue weighted by molar-refractivity contribution is -0.165. The summed E-state index contributed by atoms with van der Waals surface area (Å²) >= 11 is 1.51. The van der Waals surface area contributed by atoms with Gasteiger partial charge in [0.2, 0.25) is 0 Å². The van der Waals surface area contributed by atoms with Gasteiger partial charge in [0.15, 0.2) is 0 Å². The second-order valence-corrected chi connectivity index (χ2v) is 5.14. The van der Waals surface area contributed by atoms with E-state index in [1.165, 1.54) is 11.8 Å². The van der Waals surface area contributed by atoms with Gasteiger partial charge in [0.05, 0.1) is 0 Å². The lowest BCUT2D eigenvalue weighted by Gasteiger charge is -2.27. The van der Waals surface area contributed by atoms with Crippen LogP contribution in [0, 0.1) is 0 Å². The van der Waals surface area contributed by atoms with E-state index in [1.54, 1.807) is 6.92 Å². The van der Waals surface area contributed by atoms with Crippen molar-refractivity contribution in [1.29, 1.82) is 0 Å². The Bertz CT molecular complexity index is 359. The molecule has 0 aromatic rings. The van der Waals surface area contributed by atoms with Crippen molar-refractivity contribution in [2.45, 2.75) is 25.6 Å². The third-order valence-corrected chi connectivity index (χ3v) is 3.76. The highest BCUT2D eigenvalue weighted by Gasteiger charge is 2.49. The lowest BCUT2D eigenvalue weighted by Crippen LogP contribution is -2.39. The molecule has 0 aromatic carbocycles. The topological polar surface area (TPSA) is 40.5 Å². The van der Waals surface area contributed by atoms with Gasteiger partial charge in [-0.25, -0.2) is 0 Å². The summed E-state index contributed by atoms with van der Waals surface area (Å²) in [5, 5.41) is 10.4. The van der Waals surface area contributed by atoms with Crippen LogP contribution in [0.2, 0.25) is 0 Å². The van der Waals surface area contributed by atoms with Crippen LogP contribution in [-0.2, 0) is 4.79 Å². The zero-order valence-electron chi connectivity index (χ0n) is 7.79. The molecule has 4 heteroatoms. The Labute approximate surface area is 81.1 Å². The number of hydroxylamine groups is 2. The van der Waals surface area contributed by atoms with Crippen molar-refractivity contribution in [3.63, 3.8) is 0 Å². The molecule has 1 N–H and O–H groups in total. The number of allylic oxidation sites excluding steroid dienone is 1. The van der Waals surface area contributed by atoms with Crippen molar-refractivity contribution in [2.75, 3.05) is 0 Å². The Morgan fingerprint density at radius 3 is 2.69 bits per heavy atom. The van der Waals surface area contributed by atoms with Crippen molar-refractivity contribution < 1.29 is 10.0 Å². The number of rotatable bonds is 0. The molecule has 0 radical (unpaired) electrons. The molecule has 13 heavy (non-hydrogen) atoms. The highest BCUT2D eigenvalue weighted by Crippen LogP contribution is 2.51. The van der Waals surface area contributed by atoms with E-state index in [4.69, 9.17) is 0 Å². The molecule has 0 bridgehead atoms. The van der Waals surface area contributed by atoms with E-state index in [9.17, 15) is 10.0 Å². The third-order valence-electron chi connectivity index (χ3n) is 2.53. The minimum atomic E-state index is -0.578. The van der Waals surface area contributed by atoms with E-state index in [-0.39, 0.29) is 5.91 Å². The first kappa shape index (κ1) is 8.84. The summed E-state index contributed by atoms with van der Waals surface area (Å²) in [6.45, 7) is 5.59. The fourth-order valence-corrected chi connectivity index (χ4v) is 3.11. The molecule has 2 rings (SSSR count). The normalized spacial score (nSPS) is 32.8. The maximum atomic E-state index is 11.4. The average molecular weight is 197 g/mol. The van der Waals surface area contributed by atoms with Gasteiger partial charge in [-0.3, -0.25) is 10.0 Å². The van der Waals surface area contributed by atoms with Crippen LogP contribution in [-0.4, -0.2) is 21.0 Å². The highest BCUT2D eigenvalue weighted by molar-refractivity contribution is 8.04. The summed E-state index contributed by atoms with van der Waals surface area (Å²) < 4.78 is 0. The van der Waals surface area contributed by atoms with E-state index in [1.807, 2.05) is 19.9 Å². The molecule has 0 spiro atoms. The van der Waals surface area contributed by atoms with Crippen LogP contribution in [0.25, 0.3) is 0 Å². The predicted octanol–water partition coefficient (Wildman–Crippen LogP) is 1.90. The molecule has 1 atom stereocenters. The van der Waals surface area contributed by atoms with Gasteiger partial charge in [-0.05, 0) is 37.3 Å². The molecule has 3 nitrogen and oxygen atoms in total. The number of amides is 1. The summed E-state index contributed by atoms with van der Waals surface area (Å²) in [5.41, 5.74) is 1.58. The Morgan fingerprint density at radius 1 is 1.54 bits per heavy atom. The first-order valence-corrected chi connectivity index (χ1v) is 4.90. The van der Waals surface area contributed by atoms with Crippen LogP contribution >= 0.6 is 11.8 Å². The van der Waals surface area contributed by atoms with E-state index in [2.05, 4.69) is 0 Å². The Balaban J connectivity index is 2.58. The zero-order valence-corrected chi connectivity index (χ0v) is 8.60. The van der Waals surface area contributed by atoms with Crippen LogP contribution < -0.4 is 0 Å². The molecular formula is C9H11NO2S. The highest BCUT2D eigenvalue weighted by atomic mass is 32.2. The summed E-state index contributed by atoms with van der Waals surface area (Å²) in [6.07, 6.45) is 1.97. The fraction of sp³-hybridized carbons (Fsp3) is 0.444. The minimum absolute atomic E-state index is 0.284. The molecule has 2 heterocycles. The zero-order chi connectivity index (χ0) is 9.80. The van der Waals surface area contributed by atoms with Gasteiger partial charge in [0, 0.05) is 5.57 Å². The number of fused-ring (bicyclic) bond motifs is 1. The smallest absolute Gasteiger partial charge is 0.274 e. The minimum Gasteiger partial charge on any atom is -0.284 e. The van der Waals surface area contributed by atoms with Crippen LogP contribution in [0.3, 0.4) is 0 Å². The number of hydrogen-bond donors (Lipinski definition) is 1. The largest absolute Gasteiger partial charge is 0.284 e. The molecule has 2 aliphatic rings. The lowest BCUT2D eigenvalue weighted by atomic mass is 10.1. The van der Waals surface area contributed by atoms with E-state index in [0.717, 1.165) is 15.5 Å². The molecular weight excluding hydrogens is 186 g/mol. The Kier molecular flexibility index (Phi) is 1.63. The second-order valence-electron chi connectivity index (χ2n) is 3.50. The fourth-order valence-electron chi connectivity index (χ4n) is 1.82. The molecule has 0 saturated heterocycles. The number of hydrogen-bond acceptors (Lipinski definition) is 3. The summed E-state index contributed by atoms with van der Waals surface area (Å²) in [4.78, 5) is 12.0. The number of nitrogens with zero attached hydrogens (tertiary/aromatic N) is 1. The molecule has 0 aliphatic carbocycles. The number of carbonyl (C=O) groups excluding carboxylic acids is 1. The number of thioether (sulfide) groups is 1. The van der Waals surface area contributed by atoms with Crippen molar-refractivity contribution in [2.24, 2.45) is 0 Å². The van der Waals surface area contributed by atoms with Crippen LogP contribution in [0.15, 0.2) is 22.1 Å². The predicted molar refractivity (Wildman–Crippen MR) is 51.1 cm³/mol. The molecule has 0 saturated carbocycles. The van der Waals surface area contributed by atoms with Crippen LogP contribution in [0.5, 0.6) is 0 Å². The quantitative estimate of drug-likeness (QED) is 0.603. The van der Waals surface area contributed by atoms with Gasteiger partial charge in [0.25, 0.3) is 5.91 Å². The van der Waals surface area contributed by atoms with E-state index >= 15 is 0 Å². The molecule has 2 aliphatic heterocycles. The third kappa shape index (κ3) is 0.928. The van der Waals surface area contributed by atoms with Crippen molar-refractivity contribution in [3.05, 3.63) is 22.1 Å². The Hall–Kier alpha value is -0.740. The summed E-state index contributed by atoms with van der Waals surface area (Å²) in [7, 11) is 0. The van der Waals surface area contributed by atoms with Gasteiger partial charge >= 0.3 is 0 Å². The first-order chi connectivity index (χ1) is 5.97. The molecule has 0 aromatic heterocycles. The van der Waals surface area contributed by atoms with Gasteiger partial charge < -0.3 is 0 Å². The molecule has 0 fully saturated rings. The molecule has 70 valence electrons. The SMILES string of the molecule is CC1=CC2=C(C)C(=O)N(O)C2(C)S1. The van der Waals surface area contributed by atoms with Crippen molar-refractivity contribution in [3.8, 4) is 0 Å². The van der Waals surface area contributed by atoms with Crippen LogP contribution in [0.1, 0.15) is 20.8 Å². The van der Waals surface area contributed by atoms with Crippen LogP contribution in [0.4, 0.5) is 0 Å². The van der Waals surface area contributed by atoms with Crippen molar-refractivity contribution in [1.82, 2.24) is 5.06 Å². The maximum absolute atomic E-state index is 11.4. The molecule has 1 unspecified atom stereocenters. The maximum Gasteiger partial charge on any atom is 0.274 e.